The molecule has 0 radical (unpaired) electrons. The number of hydrogen-bond donors (Lipinski definition) is 1. The van der Waals surface area contributed by atoms with E-state index in [0.717, 1.165) is 4.90 Å². The Morgan fingerprint density at radius 1 is 1.04 bits per heavy atom. The second-order valence-electron chi connectivity index (χ2n) is 5.97. The minimum atomic E-state index is -0.806. The summed E-state index contributed by atoms with van der Waals surface area (Å²) >= 11 is 6.26. The van der Waals surface area contributed by atoms with Crippen LogP contribution in [0.15, 0.2) is 42.0 Å². The van der Waals surface area contributed by atoms with Crippen LogP contribution in [0.1, 0.15) is 11.1 Å². The van der Waals surface area contributed by atoms with Gasteiger partial charge in [0.15, 0.2) is 11.5 Å². The Labute approximate surface area is 166 Å². The molecule has 1 N–H and O–H groups in total. The maximum Gasteiger partial charge on any atom is 0.335 e. The number of benzene rings is 2. The molecule has 1 heterocycles. The molecule has 8 heteroatoms. The highest BCUT2D eigenvalue weighted by Crippen LogP contribution is 2.34. The zero-order chi connectivity index (χ0) is 20.4. The number of carbonyl (C=O) groups excluding carboxylic acids is 3. The summed E-state index contributed by atoms with van der Waals surface area (Å²) in [6.07, 6.45) is 1.32. The molecule has 0 bridgehead atoms. The molecule has 0 unspecified atom stereocenters. The number of ether oxygens (including phenoxy) is 2. The summed E-state index contributed by atoms with van der Waals surface area (Å²) in [5, 5.41) is 2.44. The zero-order valence-electron chi connectivity index (χ0n) is 15.4. The maximum absolute atomic E-state index is 13.0. The fourth-order valence-corrected chi connectivity index (χ4v) is 3.03. The number of urea groups is 1. The van der Waals surface area contributed by atoms with E-state index in [4.69, 9.17) is 21.1 Å². The molecule has 144 valence electrons. The first-order valence-electron chi connectivity index (χ1n) is 8.26. The van der Waals surface area contributed by atoms with Crippen LogP contribution in [-0.2, 0) is 9.59 Å². The number of methoxy groups -OCH3 is 2. The van der Waals surface area contributed by atoms with Gasteiger partial charge in [0.1, 0.15) is 5.57 Å². The van der Waals surface area contributed by atoms with Gasteiger partial charge >= 0.3 is 6.03 Å². The SMILES string of the molecule is COc1cc(Cl)c(/C=C2\C(=O)NC(=O)N(c3ccccc3C)C2=O)cc1OC. The predicted molar refractivity (Wildman–Crippen MR) is 105 cm³/mol. The predicted octanol–water partition coefficient (Wildman–Crippen LogP) is 3.33. The molecule has 1 aliphatic rings. The molecule has 2 aromatic carbocycles. The standard InChI is InChI=1S/C20H17ClN2O5/c1-11-6-4-5-7-15(11)23-19(25)13(18(24)22-20(23)26)8-12-9-16(27-2)17(28-3)10-14(12)21/h4-10H,1-3H3,(H,22,24,26)/b13-8+. The third kappa shape index (κ3) is 3.44. The van der Waals surface area contributed by atoms with E-state index in [1.807, 2.05) is 0 Å². The lowest BCUT2D eigenvalue weighted by atomic mass is 10.1. The molecule has 0 aliphatic carbocycles. The van der Waals surface area contributed by atoms with Crippen LogP contribution in [0, 0.1) is 6.92 Å². The van der Waals surface area contributed by atoms with Crippen molar-refractivity contribution in [1.29, 1.82) is 0 Å². The van der Waals surface area contributed by atoms with E-state index in [1.165, 1.54) is 26.4 Å². The number of anilines is 1. The minimum Gasteiger partial charge on any atom is -0.493 e. The normalized spacial score (nSPS) is 15.6. The molecule has 4 amide bonds. The first-order chi connectivity index (χ1) is 13.4. The van der Waals surface area contributed by atoms with Crippen LogP contribution in [0.4, 0.5) is 10.5 Å². The van der Waals surface area contributed by atoms with Gasteiger partial charge in [0.2, 0.25) is 0 Å². The number of nitrogens with one attached hydrogen (secondary N) is 1. The summed E-state index contributed by atoms with van der Waals surface area (Å²) in [6, 6.07) is 9.14. The van der Waals surface area contributed by atoms with E-state index < -0.39 is 17.8 Å². The fraction of sp³-hybridized carbons (Fsp3) is 0.150. The Hall–Kier alpha value is -3.32. The van der Waals surface area contributed by atoms with Crippen molar-refractivity contribution in [2.24, 2.45) is 0 Å². The Morgan fingerprint density at radius 2 is 1.68 bits per heavy atom. The minimum absolute atomic E-state index is 0.225. The topological polar surface area (TPSA) is 84.9 Å². The Morgan fingerprint density at radius 3 is 2.32 bits per heavy atom. The number of carbonyl (C=O) groups is 3. The van der Waals surface area contributed by atoms with E-state index in [-0.39, 0.29) is 10.6 Å². The number of barbiturate groups is 1. The van der Waals surface area contributed by atoms with Gasteiger partial charge in [-0.2, -0.15) is 0 Å². The lowest BCUT2D eigenvalue weighted by Crippen LogP contribution is -2.54. The molecule has 0 spiro atoms. The second-order valence-corrected chi connectivity index (χ2v) is 6.38. The average Bonchev–Trinajstić information content (AvgIpc) is 2.67. The van der Waals surface area contributed by atoms with Crippen molar-refractivity contribution in [2.75, 3.05) is 19.1 Å². The Bertz CT molecular complexity index is 1020. The molecule has 7 nitrogen and oxygen atoms in total. The van der Waals surface area contributed by atoms with E-state index in [9.17, 15) is 14.4 Å². The summed E-state index contributed by atoms with van der Waals surface area (Å²) in [4.78, 5) is 38.5. The highest BCUT2D eigenvalue weighted by Gasteiger charge is 2.37. The molecule has 28 heavy (non-hydrogen) atoms. The van der Waals surface area contributed by atoms with Crippen LogP contribution >= 0.6 is 11.6 Å². The largest absolute Gasteiger partial charge is 0.493 e. The molecule has 1 fully saturated rings. The first kappa shape index (κ1) is 19.4. The van der Waals surface area contributed by atoms with Crippen molar-refractivity contribution in [2.45, 2.75) is 6.92 Å². The van der Waals surface area contributed by atoms with E-state index in [0.29, 0.717) is 28.3 Å². The van der Waals surface area contributed by atoms with Crippen molar-refractivity contribution in [1.82, 2.24) is 5.32 Å². The quantitative estimate of drug-likeness (QED) is 0.628. The Balaban J connectivity index is 2.09. The van der Waals surface area contributed by atoms with Crippen molar-refractivity contribution in [3.63, 3.8) is 0 Å². The number of nitrogens with zero attached hydrogens (tertiary/aromatic N) is 1. The lowest BCUT2D eigenvalue weighted by molar-refractivity contribution is -0.122. The summed E-state index contributed by atoms with van der Waals surface area (Å²) in [7, 11) is 2.93. The van der Waals surface area contributed by atoms with Gasteiger partial charge in [0.05, 0.1) is 24.9 Å². The first-order valence-corrected chi connectivity index (χ1v) is 8.63. The van der Waals surface area contributed by atoms with Gasteiger partial charge < -0.3 is 9.47 Å². The van der Waals surface area contributed by atoms with Crippen LogP contribution in [0.2, 0.25) is 5.02 Å². The molecule has 1 aliphatic heterocycles. The second kappa shape index (κ2) is 7.74. The molecule has 3 rings (SSSR count). The van der Waals surface area contributed by atoms with Gasteiger partial charge in [-0.15, -0.1) is 0 Å². The van der Waals surface area contributed by atoms with Crippen LogP contribution in [-0.4, -0.2) is 32.1 Å². The molecule has 0 aromatic heterocycles. The van der Waals surface area contributed by atoms with E-state index >= 15 is 0 Å². The van der Waals surface area contributed by atoms with Crippen LogP contribution in [0.3, 0.4) is 0 Å². The number of rotatable bonds is 4. The van der Waals surface area contributed by atoms with Crippen molar-refractivity contribution < 1.29 is 23.9 Å². The molecule has 0 saturated carbocycles. The van der Waals surface area contributed by atoms with Crippen molar-refractivity contribution in [3.8, 4) is 11.5 Å². The monoisotopic (exact) mass is 400 g/mol. The maximum atomic E-state index is 13.0. The summed E-state index contributed by atoms with van der Waals surface area (Å²) < 4.78 is 10.4. The zero-order valence-corrected chi connectivity index (χ0v) is 16.2. The number of hydrogen-bond acceptors (Lipinski definition) is 5. The van der Waals surface area contributed by atoms with Crippen LogP contribution in [0.5, 0.6) is 11.5 Å². The third-order valence-electron chi connectivity index (χ3n) is 4.26. The molecule has 1 saturated heterocycles. The number of para-hydroxylation sites is 1. The third-order valence-corrected chi connectivity index (χ3v) is 4.59. The van der Waals surface area contributed by atoms with Gasteiger partial charge in [-0.05, 0) is 36.3 Å². The highest BCUT2D eigenvalue weighted by atomic mass is 35.5. The van der Waals surface area contributed by atoms with Gasteiger partial charge in [0.25, 0.3) is 11.8 Å². The number of aryl methyl sites for hydroxylation is 1. The number of amides is 4. The summed E-state index contributed by atoms with van der Waals surface area (Å²) in [5.74, 6) is -0.750. The van der Waals surface area contributed by atoms with Crippen LogP contribution < -0.4 is 19.7 Å². The van der Waals surface area contributed by atoms with Gasteiger partial charge in [-0.25, -0.2) is 9.69 Å². The van der Waals surface area contributed by atoms with Gasteiger partial charge in [-0.1, -0.05) is 29.8 Å². The summed E-state index contributed by atoms with van der Waals surface area (Å²) in [6.45, 7) is 1.76. The van der Waals surface area contributed by atoms with E-state index in [2.05, 4.69) is 5.32 Å². The highest BCUT2D eigenvalue weighted by molar-refractivity contribution is 6.40. The summed E-state index contributed by atoms with van der Waals surface area (Å²) in [5.41, 5.74) is 1.25. The Kier molecular flexibility index (Phi) is 5.37. The smallest absolute Gasteiger partial charge is 0.335 e. The lowest BCUT2D eigenvalue weighted by Gasteiger charge is -2.27. The van der Waals surface area contributed by atoms with Crippen molar-refractivity contribution >= 4 is 41.2 Å². The number of imide groups is 2. The fourth-order valence-electron chi connectivity index (χ4n) is 2.83. The van der Waals surface area contributed by atoms with Gasteiger partial charge in [-0.3, -0.25) is 14.9 Å². The van der Waals surface area contributed by atoms with Gasteiger partial charge in [0, 0.05) is 6.07 Å². The average molecular weight is 401 g/mol. The molecular weight excluding hydrogens is 384 g/mol. The van der Waals surface area contributed by atoms with Crippen molar-refractivity contribution in [3.05, 3.63) is 58.1 Å². The van der Waals surface area contributed by atoms with Crippen LogP contribution in [0.25, 0.3) is 6.08 Å². The molecule has 0 atom stereocenters. The molecule has 2 aromatic rings. The molecular formula is C20H17ClN2O5. The number of halogens is 1. The van der Waals surface area contributed by atoms with E-state index in [1.54, 1.807) is 37.3 Å².